The van der Waals surface area contributed by atoms with Gasteiger partial charge in [0.25, 0.3) is 0 Å². The van der Waals surface area contributed by atoms with Gasteiger partial charge < -0.3 is 16.2 Å². The molecular weight excluding hydrogens is 397 g/mol. The lowest BCUT2D eigenvalue weighted by atomic mass is 9.76. The molecule has 0 bridgehead atoms. The smallest absolute Gasteiger partial charge is 0.176 e. The van der Waals surface area contributed by atoms with Gasteiger partial charge in [-0.15, -0.1) is 12.4 Å². The Morgan fingerprint density at radius 3 is 2.64 bits per heavy atom. The molecule has 0 radical (unpaired) electrons. The molecule has 0 aliphatic heterocycles. The molecule has 0 saturated heterocycles. The Morgan fingerprint density at radius 2 is 1.96 bits per heavy atom. The molecule has 3 aliphatic carbocycles. The molecule has 1 atom stereocenters. The van der Waals surface area contributed by atoms with Gasteiger partial charge in [-0.1, -0.05) is 24.4 Å². The number of aliphatic hydroxyl groups is 1. The van der Waals surface area contributed by atoms with E-state index < -0.39 is 0 Å². The van der Waals surface area contributed by atoms with E-state index in [2.05, 4.69) is 10.4 Å². The van der Waals surface area contributed by atoms with E-state index in [0.717, 1.165) is 62.1 Å². The maximum Gasteiger partial charge on any atom is 0.176 e. The highest BCUT2D eigenvalue weighted by molar-refractivity contribution is 6.33. The van der Waals surface area contributed by atoms with Gasteiger partial charge in [0.15, 0.2) is 5.65 Å². The second-order valence-corrected chi connectivity index (χ2v) is 9.13. The molecule has 8 heteroatoms. The standard InChI is InChI=1S/C20H28ClN5O.ClH/c21-16-10-23-26-18(24-14-5-3-13(22)4-6-14)15-9-12(11-27)20(7-1-2-8-20)17(15)25-19(16)26;/h10,12-14,24,27H,1-9,11,22H2;1H. The fraction of sp³-hybridized carbons (Fsp3) is 0.700. The van der Waals surface area contributed by atoms with Gasteiger partial charge in [0, 0.05) is 29.7 Å². The van der Waals surface area contributed by atoms with Crippen LogP contribution in [0.2, 0.25) is 5.02 Å². The largest absolute Gasteiger partial charge is 0.396 e. The molecule has 2 aromatic rings. The molecular formula is C20H29Cl2N5O. The second kappa shape index (κ2) is 7.63. The van der Waals surface area contributed by atoms with Gasteiger partial charge in [0.1, 0.15) is 10.8 Å². The molecule has 3 aliphatic rings. The Bertz CT molecular complexity index is 856. The highest BCUT2D eigenvalue weighted by atomic mass is 35.5. The van der Waals surface area contributed by atoms with E-state index in [1.807, 2.05) is 4.52 Å². The SMILES string of the molecule is Cl.NC1CCC(Nc2c3c(nc4c(Cl)cnn24)C2(CCCC2)C(CO)C3)CC1. The van der Waals surface area contributed by atoms with Gasteiger partial charge in [0.2, 0.25) is 0 Å². The lowest BCUT2D eigenvalue weighted by Crippen LogP contribution is -2.33. The van der Waals surface area contributed by atoms with Crippen LogP contribution in [0.3, 0.4) is 0 Å². The van der Waals surface area contributed by atoms with Gasteiger partial charge in [-0.25, -0.2) is 4.98 Å². The van der Waals surface area contributed by atoms with Crippen LogP contribution in [-0.2, 0) is 11.8 Å². The molecule has 6 nitrogen and oxygen atoms in total. The average Bonchev–Trinajstić information content (AvgIpc) is 3.37. The average molecular weight is 426 g/mol. The summed E-state index contributed by atoms with van der Waals surface area (Å²) >= 11 is 6.43. The van der Waals surface area contributed by atoms with E-state index in [1.165, 1.54) is 18.4 Å². The highest BCUT2D eigenvalue weighted by Gasteiger charge is 2.50. The van der Waals surface area contributed by atoms with Crippen LogP contribution in [0.25, 0.3) is 5.65 Å². The van der Waals surface area contributed by atoms with E-state index in [4.69, 9.17) is 22.3 Å². The summed E-state index contributed by atoms with van der Waals surface area (Å²) in [7, 11) is 0. The van der Waals surface area contributed by atoms with Crippen molar-refractivity contribution in [1.82, 2.24) is 14.6 Å². The summed E-state index contributed by atoms with van der Waals surface area (Å²) in [4.78, 5) is 5.01. The van der Waals surface area contributed by atoms with Crippen molar-refractivity contribution >= 4 is 35.5 Å². The summed E-state index contributed by atoms with van der Waals surface area (Å²) in [6.07, 6.45) is 11.4. The van der Waals surface area contributed by atoms with Gasteiger partial charge in [-0.05, 0) is 50.9 Å². The second-order valence-electron chi connectivity index (χ2n) is 8.72. The minimum atomic E-state index is 0. The van der Waals surface area contributed by atoms with Crippen LogP contribution >= 0.6 is 24.0 Å². The fourth-order valence-corrected chi connectivity index (χ4v) is 5.90. The first-order valence-corrected chi connectivity index (χ1v) is 10.7. The monoisotopic (exact) mass is 425 g/mol. The summed E-state index contributed by atoms with van der Waals surface area (Å²) in [5.41, 5.74) is 9.22. The number of anilines is 1. The summed E-state index contributed by atoms with van der Waals surface area (Å²) in [5, 5.41) is 19.0. The number of hydrogen-bond donors (Lipinski definition) is 3. The topological polar surface area (TPSA) is 88.5 Å². The molecule has 5 rings (SSSR count). The van der Waals surface area contributed by atoms with Crippen molar-refractivity contribution in [3.8, 4) is 0 Å². The molecule has 2 aromatic heterocycles. The first-order chi connectivity index (χ1) is 13.1. The molecule has 154 valence electrons. The van der Waals surface area contributed by atoms with Crippen LogP contribution < -0.4 is 11.1 Å². The maximum atomic E-state index is 10.1. The van der Waals surface area contributed by atoms with Gasteiger partial charge >= 0.3 is 0 Å². The highest BCUT2D eigenvalue weighted by Crippen LogP contribution is 2.54. The minimum absolute atomic E-state index is 0. The molecule has 1 spiro atoms. The molecule has 1 unspecified atom stereocenters. The van der Waals surface area contributed by atoms with Crippen LogP contribution in [0.15, 0.2) is 6.20 Å². The zero-order valence-electron chi connectivity index (χ0n) is 16.0. The third kappa shape index (κ3) is 3.00. The van der Waals surface area contributed by atoms with Crippen molar-refractivity contribution in [3.63, 3.8) is 0 Å². The zero-order chi connectivity index (χ0) is 18.6. The van der Waals surface area contributed by atoms with Crippen molar-refractivity contribution in [2.75, 3.05) is 11.9 Å². The van der Waals surface area contributed by atoms with Crippen LogP contribution in [-0.4, -0.2) is 38.4 Å². The van der Waals surface area contributed by atoms with Gasteiger partial charge in [-0.2, -0.15) is 9.61 Å². The first-order valence-electron chi connectivity index (χ1n) is 10.3. The molecule has 28 heavy (non-hydrogen) atoms. The Balaban J connectivity index is 0.00000192. The summed E-state index contributed by atoms with van der Waals surface area (Å²) < 4.78 is 1.87. The molecule has 4 N–H and O–H groups in total. The number of halogens is 2. The van der Waals surface area contributed by atoms with Crippen molar-refractivity contribution in [2.45, 2.75) is 75.3 Å². The van der Waals surface area contributed by atoms with E-state index in [0.29, 0.717) is 17.1 Å². The zero-order valence-corrected chi connectivity index (χ0v) is 17.6. The van der Waals surface area contributed by atoms with Crippen LogP contribution in [0.5, 0.6) is 0 Å². The van der Waals surface area contributed by atoms with E-state index in [-0.39, 0.29) is 30.3 Å². The Hall–Kier alpha value is -1.08. The molecule has 2 fully saturated rings. The van der Waals surface area contributed by atoms with Crippen LogP contribution in [0.4, 0.5) is 5.82 Å². The molecule has 2 heterocycles. The molecule has 2 saturated carbocycles. The summed E-state index contributed by atoms with van der Waals surface area (Å²) in [6, 6.07) is 0.723. The van der Waals surface area contributed by atoms with Gasteiger partial charge in [-0.3, -0.25) is 0 Å². The van der Waals surface area contributed by atoms with Gasteiger partial charge in [0.05, 0.1) is 11.9 Å². The minimum Gasteiger partial charge on any atom is -0.396 e. The Kier molecular flexibility index (Phi) is 5.51. The summed E-state index contributed by atoms with van der Waals surface area (Å²) in [6.45, 7) is 0.212. The van der Waals surface area contributed by atoms with Crippen LogP contribution in [0.1, 0.15) is 62.6 Å². The number of nitrogens with two attached hydrogens (primary N) is 1. The van der Waals surface area contributed by atoms with Crippen molar-refractivity contribution in [2.24, 2.45) is 11.7 Å². The number of nitrogens with zero attached hydrogens (tertiary/aromatic N) is 3. The number of rotatable bonds is 3. The Labute approximate surface area is 176 Å². The molecule has 0 aromatic carbocycles. The predicted molar refractivity (Wildman–Crippen MR) is 114 cm³/mol. The van der Waals surface area contributed by atoms with E-state index in [1.54, 1.807) is 6.20 Å². The lowest BCUT2D eigenvalue weighted by Gasteiger charge is -2.30. The quantitative estimate of drug-likeness (QED) is 0.700. The third-order valence-corrected chi connectivity index (χ3v) is 7.50. The number of aliphatic hydroxyl groups excluding tert-OH is 1. The number of aromatic nitrogens is 3. The first kappa shape index (κ1) is 20.2. The number of nitrogens with one attached hydrogen (secondary N) is 1. The van der Waals surface area contributed by atoms with E-state index in [9.17, 15) is 5.11 Å². The Morgan fingerprint density at radius 1 is 1.25 bits per heavy atom. The van der Waals surface area contributed by atoms with E-state index >= 15 is 0 Å². The van der Waals surface area contributed by atoms with Crippen molar-refractivity contribution < 1.29 is 5.11 Å². The number of hydrogen-bond acceptors (Lipinski definition) is 5. The fourth-order valence-electron chi connectivity index (χ4n) is 5.74. The van der Waals surface area contributed by atoms with Crippen LogP contribution in [0, 0.1) is 5.92 Å². The lowest BCUT2D eigenvalue weighted by molar-refractivity contribution is 0.162. The van der Waals surface area contributed by atoms with Crippen molar-refractivity contribution in [1.29, 1.82) is 0 Å². The summed E-state index contributed by atoms with van der Waals surface area (Å²) in [5.74, 6) is 1.28. The third-order valence-electron chi connectivity index (χ3n) is 7.23. The maximum absolute atomic E-state index is 10.1. The molecule has 0 amide bonds. The normalized spacial score (nSPS) is 28.5. The number of fused-ring (bicyclic) bond motifs is 3. The predicted octanol–water partition coefficient (Wildman–Crippen LogP) is 3.46. The van der Waals surface area contributed by atoms with Crippen molar-refractivity contribution in [3.05, 3.63) is 22.5 Å².